The van der Waals surface area contributed by atoms with E-state index in [9.17, 15) is 13.2 Å². The second kappa shape index (κ2) is 9.37. The van der Waals surface area contributed by atoms with Crippen LogP contribution in [-0.4, -0.2) is 30.6 Å². The van der Waals surface area contributed by atoms with E-state index >= 15 is 0 Å². The van der Waals surface area contributed by atoms with Gasteiger partial charge in [-0.1, -0.05) is 36.4 Å². The first-order valence-corrected chi connectivity index (χ1v) is 10.2. The average molecular weight is 429 g/mol. The summed E-state index contributed by atoms with van der Waals surface area (Å²) in [5.74, 6) is 0.604. The summed E-state index contributed by atoms with van der Waals surface area (Å²) in [7, 11) is 3.42. The Balaban J connectivity index is 1.82. The van der Waals surface area contributed by atoms with E-state index in [1.807, 2.05) is 18.2 Å². The van der Waals surface area contributed by atoms with Gasteiger partial charge in [0.2, 0.25) is 0 Å². The number of hydrogen-bond donors (Lipinski definition) is 1. The van der Waals surface area contributed by atoms with E-state index in [1.54, 1.807) is 38.9 Å². The van der Waals surface area contributed by atoms with Crippen LogP contribution in [0.2, 0.25) is 0 Å². The molecule has 31 heavy (non-hydrogen) atoms. The van der Waals surface area contributed by atoms with Crippen molar-refractivity contribution in [3.8, 4) is 11.3 Å². The van der Waals surface area contributed by atoms with Gasteiger partial charge < -0.3 is 10.2 Å². The zero-order chi connectivity index (χ0) is 22.6. The number of aryl methyl sites for hydroxylation is 3. The van der Waals surface area contributed by atoms with Crippen LogP contribution < -0.4 is 10.2 Å². The van der Waals surface area contributed by atoms with Gasteiger partial charge in [0, 0.05) is 31.9 Å². The Hall–Kier alpha value is -3.09. The summed E-state index contributed by atoms with van der Waals surface area (Å²) in [4.78, 5) is 10.7. The number of nitrogens with one attached hydrogen (secondary N) is 1. The van der Waals surface area contributed by atoms with Gasteiger partial charge in [-0.25, -0.2) is 9.97 Å². The van der Waals surface area contributed by atoms with Gasteiger partial charge in [0.05, 0.1) is 22.6 Å². The molecule has 2 aromatic carbocycles. The molecule has 0 aliphatic heterocycles. The van der Waals surface area contributed by atoms with Crippen LogP contribution in [0.25, 0.3) is 11.3 Å². The Morgan fingerprint density at radius 2 is 1.65 bits per heavy atom. The summed E-state index contributed by atoms with van der Waals surface area (Å²) in [6.07, 6.45) is -2.64. The van der Waals surface area contributed by atoms with Crippen LogP contribution in [0.5, 0.6) is 0 Å². The lowest BCUT2D eigenvalue weighted by Crippen LogP contribution is -2.14. The zero-order valence-corrected chi connectivity index (χ0v) is 18.2. The second-order valence-corrected chi connectivity index (χ2v) is 7.73. The molecule has 0 unspecified atom stereocenters. The molecule has 0 saturated carbocycles. The summed E-state index contributed by atoms with van der Waals surface area (Å²) >= 11 is 0. The Labute approximate surface area is 181 Å². The Morgan fingerprint density at radius 1 is 0.935 bits per heavy atom. The Bertz CT molecular complexity index is 1030. The molecule has 0 aliphatic rings. The lowest BCUT2D eigenvalue weighted by Gasteiger charge is -2.19. The molecule has 1 aromatic heterocycles. The van der Waals surface area contributed by atoms with Gasteiger partial charge in [0.1, 0.15) is 5.82 Å². The minimum Gasteiger partial charge on any atom is -0.378 e. The number of hydrogen-bond acceptors (Lipinski definition) is 4. The fraction of sp³-hybridized carbons (Fsp3) is 0.333. The molecule has 4 nitrogen and oxygen atoms in total. The quantitative estimate of drug-likeness (QED) is 0.477. The number of aromatic nitrogens is 2. The minimum atomic E-state index is -4.49. The van der Waals surface area contributed by atoms with Crippen LogP contribution >= 0.6 is 0 Å². The third-order valence-corrected chi connectivity index (χ3v) is 5.10. The van der Waals surface area contributed by atoms with E-state index in [1.165, 1.54) is 11.6 Å². The highest BCUT2D eigenvalue weighted by molar-refractivity contribution is 5.71. The topological polar surface area (TPSA) is 41.1 Å². The predicted molar refractivity (Wildman–Crippen MR) is 120 cm³/mol. The molecule has 0 aliphatic carbocycles. The van der Waals surface area contributed by atoms with E-state index in [2.05, 4.69) is 27.4 Å². The molecule has 0 spiro atoms. The highest BCUT2D eigenvalue weighted by atomic mass is 19.4. The average Bonchev–Trinajstić information content (AvgIpc) is 2.73. The molecule has 0 fully saturated rings. The maximum absolute atomic E-state index is 13.8. The third kappa shape index (κ3) is 5.54. The van der Waals surface area contributed by atoms with Gasteiger partial charge in [0.25, 0.3) is 0 Å². The second-order valence-electron chi connectivity index (χ2n) is 7.73. The zero-order valence-electron chi connectivity index (χ0n) is 18.2. The SMILES string of the molecule is Cc1nc(-c2ccc(N(C)C)cc2C(F)(F)F)c(C)nc1NCCCc1ccccc1. The summed E-state index contributed by atoms with van der Waals surface area (Å²) in [6.45, 7) is 4.16. The monoisotopic (exact) mass is 428 g/mol. The third-order valence-electron chi connectivity index (χ3n) is 5.10. The molecule has 0 radical (unpaired) electrons. The maximum Gasteiger partial charge on any atom is 0.417 e. The standard InChI is InChI=1S/C24H27F3N4/c1-16-22(20-13-12-19(31(3)4)15-21(20)24(25,26)27)29-17(2)23(30-16)28-14-8-11-18-9-6-5-7-10-18/h5-7,9-10,12-13,15H,8,11,14H2,1-4H3,(H,28,30). The molecule has 0 atom stereocenters. The summed E-state index contributed by atoms with van der Waals surface area (Å²) in [6, 6.07) is 14.5. The lowest BCUT2D eigenvalue weighted by molar-refractivity contribution is -0.137. The number of halogens is 3. The molecule has 3 aromatic rings. The maximum atomic E-state index is 13.8. The van der Waals surface area contributed by atoms with Crippen LogP contribution in [-0.2, 0) is 12.6 Å². The summed E-state index contributed by atoms with van der Waals surface area (Å²) in [5, 5.41) is 3.27. The summed E-state index contributed by atoms with van der Waals surface area (Å²) < 4.78 is 41.3. The predicted octanol–water partition coefficient (Wildman–Crippen LogP) is 5.89. The molecule has 1 N–H and O–H groups in total. The molecule has 0 amide bonds. The van der Waals surface area contributed by atoms with Gasteiger partial charge in [-0.15, -0.1) is 0 Å². The van der Waals surface area contributed by atoms with Crippen LogP contribution in [0.4, 0.5) is 24.7 Å². The number of benzene rings is 2. The van der Waals surface area contributed by atoms with Crippen LogP contribution in [0.1, 0.15) is 28.9 Å². The van der Waals surface area contributed by atoms with Crippen molar-refractivity contribution >= 4 is 11.5 Å². The first kappa shape index (κ1) is 22.6. The number of nitrogens with zero attached hydrogens (tertiary/aromatic N) is 3. The highest BCUT2D eigenvalue weighted by Gasteiger charge is 2.35. The van der Waals surface area contributed by atoms with Gasteiger partial charge >= 0.3 is 6.18 Å². The van der Waals surface area contributed by atoms with E-state index in [-0.39, 0.29) is 11.3 Å². The van der Waals surface area contributed by atoms with Crippen molar-refractivity contribution < 1.29 is 13.2 Å². The van der Waals surface area contributed by atoms with Gasteiger partial charge in [-0.2, -0.15) is 13.2 Å². The van der Waals surface area contributed by atoms with Gasteiger partial charge in [-0.05, 0) is 44.4 Å². The molecule has 0 saturated heterocycles. The fourth-order valence-electron chi connectivity index (χ4n) is 3.42. The Morgan fingerprint density at radius 3 is 2.29 bits per heavy atom. The lowest BCUT2D eigenvalue weighted by atomic mass is 10.0. The molecule has 1 heterocycles. The highest BCUT2D eigenvalue weighted by Crippen LogP contribution is 2.39. The smallest absolute Gasteiger partial charge is 0.378 e. The van der Waals surface area contributed by atoms with Crippen LogP contribution in [0, 0.1) is 13.8 Å². The van der Waals surface area contributed by atoms with E-state index in [4.69, 9.17) is 0 Å². The van der Waals surface area contributed by atoms with Crippen molar-refractivity contribution in [2.24, 2.45) is 0 Å². The first-order valence-electron chi connectivity index (χ1n) is 10.2. The normalized spacial score (nSPS) is 11.5. The van der Waals surface area contributed by atoms with E-state index in [0.29, 0.717) is 29.4 Å². The fourth-order valence-corrected chi connectivity index (χ4v) is 3.42. The molecule has 7 heteroatoms. The molecular weight excluding hydrogens is 401 g/mol. The molecule has 3 rings (SSSR count). The largest absolute Gasteiger partial charge is 0.417 e. The molecule has 0 bridgehead atoms. The van der Waals surface area contributed by atoms with E-state index < -0.39 is 11.7 Å². The van der Waals surface area contributed by atoms with Crippen molar-refractivity contribution in [1.29, 1.82) is 0 Å². The van der Waals surface area contributed by atoms with Crippen molar-refractivity contribution in [3.63, 3.8) is 0 Å². The Kier molecular flexibility index (Phi) is 6.83. The van der Waals surface area contributed by atoms with Crippen molar-refractivity contribution in [2.75, 3.05) is 30.9 Å². The van der Waals surface area contributed by atoms with Crippen molar-refractivity contribution in [3.05, 3.63) is 71.0 Å². The summed E-state index contributed by atoms with van der Waals surface area (Å²) in [5.41, 5.74) is 2.37. The van der Waals surface area contributed by atoms with E-state index in [0.717, 1.165) is 18.9 Å². The number of alkyl halides is 3. The van der Waals surface area contributed by atoms with Gasteiger partial charge in [0.15, 0.2) is 0 Å². The van der Waals surface area contributed by atoms with Crippen LogP contribution in [0.3, 0.4) is 0 Å². The number of rotatable bonds is 7. The van der Waals surface area contributed by atoms with Gasteiger partial charge in [-0.3, -0.25) is 0 Å². The van der Waals surface area contributed by atoms with Crippen molar-refractivity contribution in [2.45, 2.75) is 32.9 Å². The molecular formula is C24H27F3N4. The minimum absolute atomic E-state index is 0.0434. The molecule has 164 valence electrons. The van der Waals surface area contributed by atoms with Crippen molar-refractivity contribution in [1.82, 2.24) is 9.97 Å². The van der Waals surface area contributed by atoms with Crippen LogP contribution in [0.15, 0.2) is 48.5 Å². The number of anilines is 2. The first-order chi connectivity index (χ1) is 14.7.